The largest absolute Gasteiger partial charge is 0.460 e. The van der Waals surface area contributed by atoms with E-state index in [1.54, 1.807) is 0 Å². The summed E-state index contributed by atoms with van der Waals surface area (Å²) in [6.45, 7) is 3.68. The second kappa shape index (κ2) is 5.51. The van der Waals surface area contributed by atoms with E-state index < -0.39 is 12.0 Å². The monoisotopic (exact) mass is 244 g/mol. The third kappa shape index (κ3) is 2.60. The minimum absolute atomic E-state index is 0.195. The topological polar surface area (TPSA) is 68.1 Å². The van der Waals surface area contributed by atoms with Crippen LogP contribution in [0.2, 0.25) is 0 Å². The number of aromatic amines is 1. The highest BCUT2D eigenvalue weighted by molar-refractivity contribution is 5.84. The van der Waals surface area contributed by atoms with E-state index in [0.29, 0.717) is 6.42 Å². The summed E-state index contributed by atoms with van der Waals surface area (Å²) in [5.41, 5.74) is 7.88. The summed E-state index contributed by atoms with van der Waals surface area (Å²) in [6.07, 6.45) is 3.86. The van der Waals surface area contributed by atoms with Crippen LogP contribution in [0.5, 0.6) is 0 Å². The van der Waals surface area contributed by atoms with Crippen LogP contribution in [0.1, 0.15) is 5.56 Å². The fourth-order valence-electron chi connectivity index (χ4n) is 1.87. The first-order valence-electron chi connectivity index (χ1n) is 5.80. The van der Waals surface area contributed by atoms with E-state index in [4.69, 9.17) is 10.5 Å². The maximum absolute atomic E-state index is 11.6. The molecule has 0 fully saturated rings. The summed E-state index contributed by atoms with van der Waals surface area (Å²) < 4.78 is 4.92. The van der Waals surface area contributed by atoms with E-state index >= 15 is 0 Å². The Labute approximate surface area is 105 Å². The zero-order valence-electron chi connectivity index (χ0n) is 10.1. The first-order chi connectivity index (χ1) is 8.72. The van der Waals surface area contributed by atoms with Gasteiger partial charge in [0.05, 0.1) is 0 Å². The van der Waals surface area contributed by atoms with Gasteiger partial charge in [0.1, 0.15) is 12.6 Å². The number of hydrogen-bond acceptors (Lipinski definition) is 3. The summed E-state index contributed by atoms with van der Waals surface area (Å²) >= 11 is 0. The van der Waals surface area contributed by atoms with Crippen molar-refractivity contribution in [3.63, 3.8) is 0 Å². The second-order valence-corrected chi connectivity index (χ2v) is 4.09. The molecule has 0 saturated carbocycles. The molecule has 94 valence electrons. The fraction of sp³-hybridized carbons (Fsp3) is 0.214. The van der Waals surface area contributed by atoms with Crippen molar-refractivity contribution in [1.29, 1.82) is 0 Å². The van der Waals surface area contributed by atoms with Gasteiger partial charge in [0.25, 0.3) is 0 Å². The fourth-order valence-corrected chi connectivity index (χ4v) is 1.87. The Hall–Kier alpha value is -2.07. The minimum atomic E-state index is -0.649. The molecule has 2 aromatic rings. The number of nitrogens with two attached hydrogens (primary N) is 1. The molecule has 0 aliphatic carbocycles. The molecule has 1 heterocycles. The molecule has 0 bridgehead atoms. The lowest BCUT2D eigenvalue weighted by Gasteiger charge is -2.09. The SMILES string of the molecule is C=CCOC(=O)C(N)Cc1c[nH]c2ccccc12. The molecule has 0 radical (unpaired) electrons. The molecule has 0 spiro atoms. The highest BCUT2D eigenvalue weighted by Crippen LogP contribution is 2.18. The highest BCUT2D eigenvalue weighted by Gasteiger charge is 2.16. The van der Waals surface area contributed by atoms with Gasteiger partial charge in [-0.3, -0.25) is 4.79 Å². The van der Waals surface area contributed by atoms with Crippen molar-refractivity contribution in [2.75, 3.05) is 6.61 Å². The number of ether oxygens (including phenoxy) is 1. The number of carbonyl (C=O) groups excluding carboxylic acids is 1. The number of fused-ring (bicyclic) bond motifs is 1. The smallest absolute Gasteiger partial charge is 0.323 e. The minimum Gasteiger partial charge on any atom is -0.460 e. The summed E-state index contributed by atoms with van der Waals surface area (Å²) in [5.74, 6) is -0.403. The molecule has 0 amide bonds. The zero-order chi connectivity index (χ0) is 13.0. The van der Waals surface area contributed by atoms with E-state index in [1.165, 1.54) is 6.08 Å². The van der Waals surface area contributed by atoms with Crippen LogP contribution in [0, 0.1) is 0 Å². The number of aromatic nitrogens is 1. The second-order valence-electron chi connectivity index (χ2n) is 4.09. The van der Waals surface area contributed by atoms with Crippen molar-refractivity contribution in [3.8, 4) is 0 Å². The quantitative estimate of drug-likeness (QED) is 0.622. The number of benzene rings is 1. The Morgan fingerprint density at radius 1 is 1.50 bits per heavy atom. The molecule has 0 saturated heterocycles. The molecule has 1 unspecified atom stereocenters. The van der Waals surface area contributed by atoms with Crippen LogP contribution in [0.15, 0.2) is 43.1 Å². The lowest BCUT2D eigenvalue weighted by Crippen LogP contribution is -2.34. The number of H-pyrrole nitrogens is 1. The van der Waals surface area contributed by atoms with Gasteiger partial charge in [-0.25, -0.2) is 0 Å². The van der Waals surface area contributed by atoms with Crippen LogP contribution in [-0.4, -0.2) is 23.6 Å². The van der Waals surface area contributed by atoms with Gasteiger partial charge in [0.2, 0.25) is 0 Å². The number of nitrogens with one attached hydrogen (secondary N) is 1. The van der Waals surface area contributed by atoms with Gasteiger partial charge in [0, 0.05) is 23.5 Å². The molecule has 1 aromatic heterocycles. The van der Waals surface area contributed by atoms with Crippen molar-refractivity contribution in [2.45, 2.75) is 12.5 Å². The van der Waals surface area contributed by atoms with Gasteiger partial charge >= 0.3 is 5.97 Å². The van der Waals surface area contributed by atoms with Crippen molar-refractivity contribution < 1.29 is 9.53 Å². The number of para-hydroxylation sites is 1. The molecule has 2 rings (SSSR count). The zero-order valence-corrected chi connectivity index (χ0v) is 10.1. The van der Waals surface area contributed by atoms with Crippen molar-refractivity contribution in [2.24, 2.45) is 5.73 Å². The molecule has 1 aromatic carbocycles. The summed E-state index contributed by atoms with van der Waals surface area (Å²) in [4.78, 5) is 14.7. The van der Waals surface area contributed by atoms with Crippen LogP contribution in [0.25, 0.3) is 10.9 Å². The molecule has 1 atom stereocenters. The Bertz CT molecular complexity index is 560. The maximum Gasteiger partial charge on any atom is 0.323 e. The third-order valence-electron chi connectivity index (χ3n) is 2.76. The van der Waals surface area contributed by atoms with Gasteiger partial charge in [-0.2, -0.15) is 0 Å². The molecule has 3 N–H and O–H groups in total. The molecule has 18 heavy (non-hydrogen) atoms. The molecular formula is C14H16N2O2. The number of rotatable bonds is 5. The summed E-state index contributed by atoms with van der Waals surface area (Å²) in [6, 6.07) is 7.26. The Morgan fingerprint density at radius 2 is 2.28 bits per heavy atom. The standard InChI is InChI=1S/C14H16N2O2/c1-2-7-18-14(17)12(15)8-10-9-16-13-6-4-3-5-11(10)13/h2-6,9,12,16H,1,7-8,15H2. The van der Waals surface area contributed by atoms with E-state index in [2.05, 4.69) is 11.6 Å². The predicted molar refractivity (Wildman–Crippen MR) is 71.1 cm³/mol. The van der Waals surface area contributed by atoms with Gasteiger partial charge < -0.3 is 15.5 Å². The average Bonchev–Trinajstić information content (AvgIpc) is 2.79. The van der Waals surface area contributed by atoms with E-state index in [-0.39, 0.29) is 6.61 Å². The summed E-state index contributed by atoms with van der Waals surface area (Å²) in [7, 11) is 0. The van der Waals surface area contributed by atoms with Gasteiger partial charge in [-0.1, -0.05) is 30.9 Å². The molecule has 0 aliphatic heterocycles. The van der Waals surface area contributed by atoms with E-state index in [0.717, 1.165) is 16.5 Å². The number of hydrogen-bond donors (Lipinski definition) is 2. The van der Waals surface area contributed by atoms with E-state index in [9.17, 15) is 4.79 Å². The molecule has 0 aliphatic rings. The van der Waals surface area contributed by atoms with Gasteiger partial charge in [0.15, 0.2) is 0 Å². The third-order valence-corrected chi connectivity index (χ3v) is 2.76. The molecular weight excluding hydrogens is 228 g/mol. The predicted octanol–water partition coefficient (Wildman–Crippen LogP) is 1.77. The Kier molecular flexibility index (Phi) is 3.79. The van der Waals surface area contributed by atoms with Crippen LogP contribution in [0.4, 0.5) is 0 Å². The first kappa shape index (κ1) is 12.4. The van der Waals surface area contributed by atoms with Crippen LogP contribution < -0.4 is 5.73 Å². The van der Waals surface area contributed by atoms with Crippen molar-refractivity contribution >= 4 is 16.9 Å². The lowest BCUT2D eigenvalue weighted by molar-refractivity contribution is -0.143. The number of carbonyl (C=O) groups is 1. The van der Waals surface area contributed by atoms with Crippen LogP contribution >= 0.6 is 0 Å². The highest BCUT2D eigenvalue weighted by atomic mass is 16.5. The van der Waals surface area contributed by atoms with Crippen molar-refractivity contribution in [1.82, 2.24) is 4.98 Å². The van der Waals surface area contributed by atoms with Crippen LogP contribution in [0.3, 0.4) is 0 Å². The first-order valence-corrected chi connectivity index (χ1v) is 5.80. The summed E-state index contributed by atoms with van der Waals surface area (Å²) in [5, 5.41) is 1.09. The van der Waals surface area contributed by atoms with Gasteiger partial charge in [-0.05, 0) is 11.6 Å². The Balaban J connectivity index is 2.09. The van der Waals surface area contributed by atoms with Crippen LogP contribution in [-0.2, 0) is 16.0 Å². The normalized spacial score (nSPS) is 12.3. The van der Waals surface area contributed by atoms with Gasteiger partial charge in [-0.15, -0.1) is 0 Å². The lowest BCUT2D eigenvalue weighted by atomic mass is 10.1. The van der Waals surface area contributed by atoms with E-state index in [1.807, 2.05) is 30.5 Å². The average molecular weight is 244 g/mol. The maximum atomic E-state index is 11.6. The molecule has 4 heteroatoms. The molecule has 4 nitrogen and oxygen atoms in total. The number of esters is 1. The Morgan fingerprint density at radius 3 is 3.06 bits per heavy atom. The van der Waals surface area contributed by atoms with Crippen molar-refractivity contribution in [3.05, 3.63) is 48.7 Å².